The number of hydrazine groups is 2. The van der Waals surface area contributed by atoms with Gasteiger partial charge in [-0.3, -0.25) is 5.01 Å². The van der Waals surface area contributed by atoms with Crippen LogP contribution in [0.1, 0.15) is 33.6 Å². The summed E-state index contributed by atoms with van der Waals surface area (Å²) in [6.45, 7) is 10.8. The fraction of sp³-hybridized carbons (Fsp3) is 0.444. The molecule has 2 aliphatic heterocycles. The maximum absolute atomic E-state index is 5.43. The third kappa shape index (κ3) is 2.55. The maximum Gasteiger partial charge on any atom is 0.121 e. The fourth-order valence-electron chi connectivity index (χ4n) is 3.40. The first kappa shape index (κ1) is 15.7. The highest BCUT2D eigenvalue weighted by atomic mass is 16.5. The van der Waals surface area contributed by atoms with E-state index in [0.29, 0.717) is 12.0 Å². The van der Waals surface area contributed by atoms with E-state index in [2.05, 4.69) is 60.4 Å². The molecule has 0 radical (unpaired) electrons. The number of allylic oxidation sites excluding steroid dienone is 1. The van der Waals surface area contributed by atoms with Crippen LogP contribution in [0.2, 0.25) is 0 Å². The molecule has 1 aromatic carbocycles. The number of benzene rings is 1. The molecule has 0 bridgehead atoms. The minimum Gasteiger partial charge on any atom is -0.497 e. The Morgan fingerprint density at radius 3 is 2.78 bits per heavy atom. The zero-order chi connectivity index (χ0) is 16.6. The molecular weight excluding hydrogens is 288 g/mol. The summed E-state index contributed by atoms with van der Waals surface area (Å²) in [7, 11) is 1.70. The van der Waals surface area contributed by atoms with Gasteiger partial charge in [-0.25, -0.2) is 0 Å². The highest BCUT2D eigenvalue weighted by molar-refractivity contribution is 5.78. The molecule has 0 aromatic heterocycles. The molecule has 124 valence electrons. The lowest BCUT2D eigenvalue weighted by Crippen LogP contribution is -2.38. The summed E-state index contributed by atoms with van der Waals surface area (Å²) in [5.41, 5.74) is 11.4. The molecule has 3 rings (SSSR count). The maximum atomic E-state index is 5.43. The summed E-state index contributed by atoms with van der Waals surface area (Å²) in [5.74, 6) is 1.36. The summed E-state index contributed by atoms with van der Waals surface area (Å²) in [6.07, 6.45) is 3.87. The Kier molecular flexibility index (Phi) is 4.22. The molecule has 0 amide bonds. The number of nitrogens with zero attached hydrogens (tertiary/aromatic N) is 2. The van der Waals surface area contributed by atoms with E-state index in [9.17, 15) is 0 Å². The predicted molar refractivity (Wildman–Crippen MR) is 95.0 cm³/mol. The minimum atomic E-state index is 0.364. The number of hydrogen-bond donors (Lipinski definition) is 2. The van der Waals surface area contributed by atoms with Crippen molar-refractivity contribution in [2.45, 2.75) is 39.7 Å². The van der Waals surface area contributed by atoms with Crippen LogP contribution in [0.4, 0.5) is 11.4 Å². The Hall–Kier alpha value is -2.14. The molecule has 0 saturated heterocycles. The van der Waals surface area contributed by atoms with Gasteiger partial charge < -0.3 is 15.1 Å². The van der Waals surface area contributed by atoms with E-state index in [1.807, 2.05) is 12.3 Å². The van der Waals surface area contributed by atoms with Crippen LogP contribution in [0.3, 0.4) is 0 Å². The van der Waals surface area contributed by atoms with Crippen molar-refractivity contribution in [1.82, 2.24) is 11.0 Å². The quantitative estimate of drug-likeness (QED) is 0.890. The second-order valence-electron chi connectivity index (χ2n) is 6.31. The Morgan fingerprint density at radius 2 is 2.17 bits per heavy atom. The van der Waals surface area contributed by atoms with Crippen molar-refractivity contribution in [2.75, 3.05) is 17.0 Å². The van der Waals surface area contributed by atoms with Crippen LogP contribution in [0.15, 0.2) is 42.4 Å². The summed E-state index contributed by atoms with van der Waals surface area (Å²) >= 11 is 0. The Balaban J connectivity index is 2.20. The molecule has 23 heavy (non-hydrogen) atoms. The molecule has 1 aromatic rings. The molecule has 0 spiro atoms. The largest absolute Gasteiger partial charge is 0.497 e. The lowest BCUT2D eigenvalue weighted by Gasteiger charge is -2.32. The first-order chi connectivity index (χ1) is 11.1. The Bertz CT molecular complexity index is 638. The van der Waals surface area contributed by atoms with Gasteiger partial charge in [0.05, 0.1) is 24.2 Å². The van der Waals surface area contributed by atoms with E-state index in [1.54, 1.807) is 7.11 Å². The lowest BCUT2D eigenvalue weighted by atomic mass is 9.97. The predicted octanol–water partition coefficient (Wildman–Crippen LogP) is 3.52. The summed E-state index contributed by atoms with van der Waals surface area (Å²) in [4.78, 5) is 2.29. The number of fused-ring (bicyclic) bond motifs is 3. The van der Waals surface area contributed by atoms with E-state index < -0.39 is 0 Å². The van der Waals surface area contributed by atoms with Crippen LogP contribution < -0.4 is 25.6 Å². The normalized spacial score (nSPS) is 20.1. The number of anilines is 2. The zero-order valence-electron chi connectivity index (χ0n) is 14.4. The van der Waals surface area contributed by atoms with E-state index >= 15 is 0 Å². The first-order valence-electron chi connectivity index (χ1n) is 8.23. The average molecular weight is 314 g/mol. The van der Waals surface area contributed by atoms with Crippen molar-refractivity contribution >= 4 is 11.4 Å². The van der Waals surface area contributed by atoms with Gasteiger partial charge in [-0.1, -0.05) is 27.4 Å². The number of nitrogens with one attached hydrogen (secondary N) is 2. The molecule has 1 unspecified atom stereocenters. The second kappa shape index (κ2) is 6.16. The Morgan fingerprint density at radius 1 is 1.39 bits per heavy atom. The van der Waals surface area contributed by atoms with Crippen molar-refractivity contribution in [3.05, 3.63) is 42.4 Å². The van der Waals surface area contributed by atoms with E-state index in [-0.39, 0.29) is 0 Å². The van der Waals surface area contributed by atoms with Crippen molar-refractivity contribution < 1.29 is 4.74 Å². The van der Waals surface area contributed by atoms with Crippen LogP contribution >= 0.6 is 0 Å². The molecule has 0 fully saturated rings. The SMILES string of the molecule is C=CN1c2ccc(OC)cc2N2NNC(CC)=C2CC1C(C)C. The summed E-state index contributed by atoms with van der Waals surface area (Å²) in [5, 5.41) is 2.15. The molecule has 0 saturated carbocycles. The van der Waals surface area contributed by atoms with Gasteiger partial charge in [0.15, 0.2) is 0 Å². The van der Waals surface area contributed by atoms with Crippen LogP contribution in [0.25, 0.3) is 0 Å². The first-order valence-corrected chi connectivity index (χ1v) is 8.23. The second-order valence-corrected chi connectivity index (χ2v) is 6.31. The molecular formula is C18H26N4O. The van der Waals surface area contributed by atoms with Gasteiger partial charge in [0.2, 0.25) is 0 Å². The third-order valence-corrected chi connectivity index (χ3v) is 4.72. The van der Waals surface area contributed by atoms with Crippen LogP contribution in [0.5, 0.6) is 5.75 Å². The van der Waals surface area contributed by atoms with Crippen molar-refractivity contribution in [3.8, 4) is 5.75 Å². The molecule has 5 heteroatoms. The van der Waals surface area contributed by atoms with Crippen LogP contribution in [-0.2, 0) is 0 Å². The number of ether oxygens (including phenoxy) is 1. The molecule has 1 atom stereocenters. The standard InChI is InChI=1S/C18H26N4O/c1-6-14-17-11-16(12(3)4)21(7-2)15-9-8-13(23-5)10-18(15)22(17)20-19-14/h7-10,12,16,19-20H,2,6,11H2,1,3-5H3. The average Bonchev–Trinajstić information content (AvgIpc) is 2.91. The smallest absolute Gasteiger partial charge is 0.121 e. The van der Waals surface area contributed by atoms with E-state index in [1.165, 1.54) is 11.4 Å². The van der Waals surface area contributed by atoms with Gasteiger partial charge in [-0.15, -0.1) is 5.53 Å². The van der Waals surface area contributed by atoms with E-state index in [4.69, 9.17) is 4.74 Å². The zero-order valence-corrected chi connectivity index (χ0v) is 14.4. The number of methoxy groups -OCH3 is 1. The van der Waals surface area contributed by atoms with Gasteiger partial charge in [0.25, 0.3) is 0 Å². The monoisotopic (exact) mass is 314 g/mol. The summed E-state index contributed by atoms with van der Waals surface area (Å²) in [6, 6.07) is 6.55. The fourth-order valence-corrected chi connectivity index (χ4v) is 3.40. The molecule has 5 nitrogen and oxygen atoms in total. The Labute approximate surface area is 138 Å². The molecule has 0 aliphatic carbocycles. The van der Waals surface area contributed by atoms with Gasteiger partial charge in [0.1, 0.15) is 5.75 Å². The van der Waals surface area contributed by atoms with Crippen molar-refractivity contribution in [3.63, 3.8) is 0 Å². The molecule has 2 N–H and O–H groups in total. The van der Waals surface area contributed by atoms with Crippen molar-refractivity contribution in [1.29, 1.82) is 0 Å². The highest BCUT2D eigenvalue weighted by Gasteiger charge is 2.35. The van der Waals surface area contributed by atoms with Crippen LogP contribution in [-0.4, -0.2) is 13.2 Å². The summed E-state index contributed by atoms with van der Waals surface area (Å²) < 4.78 is 5.43. The highest BCUT2D eigenvalue weighted by Crippen LogP contribution is 2.43. The van der Waals surface area contributed by atoms with Crippen LogP contribution in [0, 0.1) is 5.92 Å². The molecule has 2 heterocycles. The van der Waals surface area contributed by atoms with Gasteiger partial charge in [-0.05, 0) is 30.7 Å². The topological polar surface area (TPSA) is 39.8 Å². The number of hydrogen-bond acceptors (Lipinski definition) is 5. The minimum absolute atomic E-state index is 0.364. The third-order valence-electron chi connectivity index (χ3n) is 4.72. The van der Waals surface area contributed by atoms with E-state index in [0.717, 1.165) is 30.0 Å². The van der Waals surface area contributed by atoms with Crippen molar-refractivity contribution in [2.24, 2.45) is 5.92 Å². The van der Waals surface area contributed by atoms with Gasteiger partial charge in [0, 0.05) is 24.2 Å². The van der Waals surface area contributed by atoms with Gasteiger partial charge in [-0.2, -0.15) is 0 Å². The number of rotatable bonds is 4. The molecule has 2 aliphatic rings. The van der Waals surface area contributed by atoms with Gasteiger partial charge >= 0.3 is 0 Å². The lowest BCUT2D eigenvalue weighted by molar-refractivity contribution is 0.414.